The first-order chi connectivity index (χ1) is 9.60. The lowest BCUT2D eigenvalue weighted by Crippen LogP contribution is -2.23. The smallest absolute Gasteiger partial charge is 0.127 e. The summed E-state index contributed by atoms with van der Waals surface area (Å²) in [6, 6.07) is 13.7. The van der Waals surface area contributed by atoms with Gasteiger partial charge in [0.15, 0.2) is 0 Å². The highest BCUT2D eigenvalue weighted by Crippen LogP contribution is 2.23. The van der Waals surface area contributed by atoms with Crippen LogP contribution in [-0.2, 0) is 6.42 Å². The molecule has 0 aromatic heterocycles. The lowest BCUT2D eigenvalue weighted by Gasteiger charge is -2.19. The number of benzene rings is 2. The van der Waals surface area contributed by atoms with Crippen LogP contribution in [0.2, 0.25) is 0 Å². The predicted octanol–water partition coefficient (Wildman–Crippen LogP) is 5.09. The largest absolute Gasteiger partial charge is 0.310 e. The van der Waals surface area contributed by atoms with Crippen molar-refractivity contribution in [2.24, 2.45) is 0 Å². The Morgan fingerprint density at radius 3 is 2.50 bits per heavy atom. The highest BCUT2D eigenvalue weighted by molar-refractivity contribution is 14.1. The second-order valence-corrected chi connectivity index (χ2v) is 6.76. The molecule has 2 aromatic carbocycles. The van der Waals surface area contributed by atoms with Crippen LogP contribution in [0.3, 0.4) is 0 Å². The summed E-state index contributed by atoms with van der Waals surface area (Å²) in [7, 11) is 0. The van der Waals surface area contributed by atoms with E-state index in [2.05, 4.69) is 75.0 Å². The van der Waals surface area contributed by atoms with Crippen LogP contribution in [-0.4, -0.2) is 6.54 Å². The normalized spacial score (nSPS) is 12.4. The number of likely N-dealkylation sites (N-methyl/N-ethyl adjacent to an activating group) is 1. The Balaban J connectivity index is 2.22. The molecule has 2 aromatic rings. The minimum Gasteiger partial charge on any atom is -0.310 e. The zero-order valence-corrected chi connectivity index (χ0v) is 14.9. The van der Waals surface area contributed by atoms with E-state index in [1.165, 1.54) is 15.2 Å². The zero-order chi connectivity index (χ0) is 14.5. The van der Waals surface area contributed by atoms with Crippen LogP contribution in [0, 0.1) is 9.39 Å². The first kappa shape index (κ1) is 15.9. The van der Waals surface area contributed by atoms with Gasteiger partial charge in [0, 0.05) is 14.1 Å². The molecular formula is C16H16BrFIN. The van der Waals surface area contributed by atoms with E-state index in [4.69, 9.17) is 0 Å². The molecule has 0 saturated carbocycles. The lowest BCUT2D eigenvalue weighted by atomic mass is 9.98. The monoisotopic (exact) mass is 447 g/mol. The van der Waals surface area contributed by atoms with E-state index in [1.54, 1.807) is 0 Å². The van der Waals surface area contributed by atoms with Gasteiger partial charge in [-0.2, -0.15) is 0 Å². The standard InChI is InChI=1S/C16H16BrFIN/c1-2-20-16(11-4-7-14(19)8-5-11)9-12-3-6-13(17)10-15(12)18/h3-8,10,16,20H,2,9H2,1H3. The highest BCUT2D eigenvalue weighted by atomic mass is 127. The molecule has 0 spiro atoms. The van der Waals surface area contributed by atoms with Gasteiger partial charge in [0.2, 0.25) is 0 Å². The molecule has 0 saturated heterocycles. The number of nitrogens with one attached hydrogen (secondary N) is 1. The van der Waals surface area contributed by atoms with Crippen molar-refractivity contribution in [3.63, 3.8) is 0 Å². The van der Waals surface area contributed by atoms with Crippen molar-refractivity contribution in [3.05, 3.63) is 67.5 Å². The third-order valence-corrected chi connectivity index (χ3v) is 4.37. The minimum atomic E-state index is -0.159. The molecule has 1 nitrogen and oxygen atoms in total. The van der Waals surface area contributed by atoms with Crippen molar-refractivity contribution < 1.29 is 4.39 Å². The quantitative estimate of drug-likeness (QED) is 0.629. The Hall–Kier alpha value is -0.460. The molecule has 2 rings (SSSR count). The second kappa shape index (κ2) is 7.52. The third-order valence-electron chi connectivity index (χ3n) is 3.16. The number of halogens is 3. The van der Waals surface area contributed by atoms with Crippen LogP contribution in [0.5, 0.6) is 0 Å². The first-order valence-electron chi connectivity index (χ1n) is 6.53. The summed E-state index contributed by atoms with van der Waals surface area (Å²) in [5.41, 5.74) is 1.92. The van der Waals surface area contributed by atoms with E-state index < -0.39 is 0 Å². The van der Waals surface area contributed by atoms with E-state index >= 15 is 0 Å². The van der Waals surface area contributed by atoms with Gasteiger partial charge in [-0.25, -0.2) is 4.39 Å². The van der Waals surface area contributed by atoms with Gasteiger partial charge in [0.25, 0.3) is 0 Å². The molecule has 0 radical (unpaired) electrons. The van der Waals surface area contributed by atoms with Crippen molar-refractivity contribution in [2.45, 2.75) is 19.4 Å². The molecule has 0 aliphatic rings. The van der Waals surface area contributed by atoms with E-state index in [9.17, 15) is 4.39 Å². The summed E-state index contributed by atoms with van der Waals surface area (Å²) in [4.78, 5) is 0. The fourth-order valence-electron chi connectivity index (χ4n) is 2.16. The van der Waals surface area contributed by atoms with E-state index in [-0.39, 0.29) is 11.9 Å². The Labute approximate surface area is 141 Å². The van der Waals surface area contributed by atoms with Crippen LogP contribution in [0.4, 0.5) is 4.39 Å². The topological polar surface area (TPSA) is 12.0 Å². The van der Waals surface area contributed by atoms with Gasteiger partial charge >= 0.3 is 0 Å². The highest BCUT2D eigenvalue weighted by Gasteiger charge is 2.13. The SMILES string of the molecule is CCNC(Cc1ccc(Br)cc1F)c1ccc(I)cc1. The van der Waals surface area contributed by atoms with Crippen molar-refractivity contribution in [1.29, 1.82) is 0 Å². The van der Waals surface area contributed by atoms with E-state index in [0.29, 0.717) is 6.42 Å². The second-order valence-electron chi connectivity index (χ2n) is 4.60. The molecule has 0 aliphatic carbocycles. The molecule has 0 heterocycles. The zero-order valence-electron chi connectivity index (χ0n) is 11.2. The maximum atomic E-state index is 14.0. The predicted molar refractivity (Wildman–Crippen MR) is 93.4 cm³/mol. The number of rotatable bonds is 5. The Bertz CT molecular complexity index is 571. The molecule has 20 heavy (non-hydrogen) atoms. The average molecular weight is 448 g/mol. The lowest BCUT2D eigenvalue weighted by molar-refractivity contribution is 0.527. The molecule has 0 amide bonds. The summed E-state index contributed by atoms with van der Waals surface area (Å²) in [5.74, 6) is -0.159. The molecule has 1 unspecified atom stereocenters. The van der Waals surface area contributed by atoms with Gasteiger partial charge in [-0.3, -0.25) is 0 Å². The Morgan fingerprint density at radius 1 is 1.20 bits per heavy atom. The maximum absolute atomic E-state index is 14.0. The molecular weight excluding hydrogens is 432 g/mol. The maximum Gasteiger partial charge on any atom is 0.127 e. The summed E-state index contributed by atoms with van der Waals surface area (Å²) in [5, 5.41) is 3.43. The first-order valence-corrected chi connectivity index (χ1v) is 8.40. The van der Waals surface area contributed by atoms with Crippen molar-refractivity contribution in [3.8, 4) is 0 Å². The van der Waals surface area contributed by atoms with Crippen molar-refractivity contribution in [2.75, 3.05) is 6.54 Å². The van der Waals surface area contributed by atoms with Gasteiger partial charge in [-0.15, -0.1) is 0 Å². The number of hydrogen-bond acceptors (Lipinski definition) is 1. The van der Waals surface area contributed by atoms with Crippen LogP contribution in [0.15, 0.2) is 46.9 Å². The van der Waals surface area contributed by atoms with Crippen LogP contribution in [0.1, 0.15) is 24.1 Å². The molecule has 0 bridgehead atoms. The summed E-state index contributed by atoms with van der Waals surface area (Å²) < 4.78 is 15.9. The Kier molecular flexibility index (Phi) is 5.99. The molecule has 1 atom stereocenters. The van der Waals surface area contributed by atoms with Gasteiger partial charge in [0.05, 0.1) is 0 Å². The fourth-order valence-corrected chi connectivity index (χ4v) is 2.85. The van der Waals surface area contributed by atoms with E-state index in [1.807, 2.05) is 12.1 Å². The average Bonchev–Trinajstić information content (AvgIpc) is 2.42. The van der Waals surface area contributed by atoms with Gasteiger partial charge in [-0.05, 0) is 70.9 Å². The third kappa shape index (κ3) is 4.27. The summed E-state index contributed by atoms with van der Waals surface area (Å²) in [6.45, 7) is 2.92. The van der Waals surface area contributed by atoms with Gasteiger partial charge in [0.1, 0.15) is 5.82 Å². The van der Waals surface area contributed by atoms with Crippen LogP contribution >= 0.6 is 38.5 Å². The van der Waals surface area contributed by atoms with Crippen LogP contribution < -0.4 is 5.32 Å². The number of hydrogen-bond donors (Lipinski definition) is 1. The molecule has 0 aliphatic heterocycles. The van der Waals surface area contributed by atoms with Crippen molar-refractivity contribution >= 4 is 38.5 Å². The Morgan fingerprint density at radius 2 is 1.90 bits per heavy atom. The molecule has 1 N–H and O–H groups in total. The summed E-state index contributed by atoms with van der Waals surface area (Å²) >= 11 is 5.58. The minimum absolute atomic E-state index is 0.132. The summed E-state index contributed by atoms with van der Waals surface area (Å²) in [6.07, 6.45) is 0.646. The van der Waals surface area contributed by atoms with Gasteiger partial charge in [-0.1, -0.05) is 41.1 Å². The van der Waals surface area contributed by atoms with Crippen LogP contribution in [0.25, 0.3) is 0 Å². The fraction of sp³-hybridized carbons (Fsp3) is 0.250. The molecule has 0 fully saturated rings. The molecule has 4 heteroatoms. The van der Waals surface area contributed by atoms with Crippen molar-refractivity contribution in [1.82, 2.24) is 5.32 Å². The van der Waals surface area contributed by atoms with E-state index in [0.717, 1.165) is 16.6 Å². The van der Waals surface area contributed by atoms with Gasteiger partial charge < -0.3 is 5.32 Å². The molecule has 106 valence electrons.